The van der Waals surface area contributed by atoms with Crippen LogP contribution in [-0.2, 0) is 6.42 Å². The molecule has 1 N–H and O–H groups in total. The Bertz CT molecular complexity index is 485. The van der Waals surface area contributed by atoms with Gasteiger partial charge in [-0.25, -0.2) is 0 Å². The van der Waals surface area contributed by atoms with Crippen molar-refractivity contribution in [3.63, 3.8) is 0 Å². The van der Waals surface area contributed by atoms with E-state index in [0.29, 0.717) is 6.04 Å². The number of halogens is 1. The smallest absolute Gasteiger partial charge is 0.0371 e. The van der Waals surface area contributed by atoms with E-state index in [-0.39, 0.29) is 0 Å². The highest BCUT2D eigenvalue weighted by Crippen LogP contribution is 2.23. The lowest BCUT2D eigenvalue weighted by Gasteiger charge is -2.19. The van der Waals surface area contributed by atoms with Crippen LogP contribution in [0.3, 0.4) is 0 Å². The van der Waals surface area contributed by atoms with Crippen LogP contribution in [0.15, 0.2) is 48.8 Å². The Hall–Kier alpha value is -0.940. The second-order valence-corrected chi connectivity index (χ2v) is 5.36. The molecule has 1 heterocycles. The van der Waals surface area contributed by atoms with E-state index in [9.17, 15) is 0 Å². The second kappa shape index (κ2) is 6.85. The van der Waals surface area contributed by atoms with Gasteiger partial charge in [0.25, 0.3) is 0 Å². The summed E-state index contributed by atoms with van der Waals surface area (Å²) in [6.07, 6.45) is 4.74. The van der Waals surface area contributed by atoms with Crippen molar-refractivity contribution in [2.75, 3.05) is 6.54 Å². The molecule has 0 aliphatic heterocycles. The van der Waals surface area contributed by atoms with E-state index in [1.807, 2.05) is 18.5 Å². The number of hydrogen-bond acceptors (Lipinski definition) is 2. The van der Waals surface area contributed by atoms with E-state index >= 15 is 0 Å². The zero-order chi connectivity index (χ0) is 12.8. The summed E-state index contributed by atoms with van der Waals surface area (Å²) in [7, 11) is 0. The maximum absolute atomic E-state index is 4.18. The minimum atomic E-state index is 0.354. The maximum Gasteiger partial charge on any atom is 0.0371 e. The first kappa shape index (κ1) is 13.5. The third-order valence-corrected chi connectivity index (χ3v) is 3.88. The molecule has 2 nitrogen and oxygen atoms in total. The Labute approximate surface area is 122 Å². The Kier molecular flexibility index (Phi) is 5.13. The molecule has 3 heteroatoms. The normalized spacial score (nSPS) is 12.3. The van der Waals surface area contributed by atoms with Crippen LogP contribution in [0.2, 0.25) is 0 Å². The lowest BCUT2D eigenvalue weighted by atomic mass is 10.00. The van der Waals surface area contributed by atoms with Crippen LogP contribution in [0, 0.1) is 3.57 Å². The minimum Gasteiger partial charge on any atom is -0.310 e. The molecule has 0 spiro atoms. The molecule has 0 fully saturated rings. The first-order valence-corrected chi connectivity index (χ1v) is 7.26. The molecule has 1 atom stereocenters. The van der Waals surface area contributed by atoms with Crippen molar-refractivity contribution in [3.05, 3.63) is 63.5 Å². The lowest BCUT2D eigenvalue weighted by Crippen LogP contribution is -2.23. The van der Waals surface area contributed by atoms with Crippen molar-refractivity contribution in [1.82, 2.24) is 10.3 Å². The molecule has 0 saturated heterocycles. The van der Waals surface area contributed by atoms with E-state index in [1.54, 1.807) is 0 Å². The molecule has 94 valence electrons. The number of hydrogen-bond donors (Lipinski definition) is 1. The maximum atomic E-state index is 4.18. The first-order valence-electron chi connectivity index (χ1n) is 6.18. The van der Waals surface area contributed by atoms with Crippen molar-refractivity contribution in [2.24, 2.45) is 0 Å². The Morgan fingerprint density at radius 3 is 2.72 bits per heavy atom. The van der Waals surface area contributed by atoms with Crippen LogP contribution in [-0.4, -0.2) is 11.5 Å². The number of benzene rings is 1. The molecule has 2 aromatic rings. The quantitative estimate of drug-likeness (QED) is 0.832. The van der Waals surface area contributed by atoms with Gasteiger partial charge in [0, 0.05) is 22.0 Å². The van der Waals surface area contributed by atoms with Crippen molar-refractivity contribution in [2.45, 2.75) is 19.4 Å². The molecule has 1 aromatic carbocycles. The summed E-state index contributed by atoms with van der Waals surface area (Å²) < 4.78 is 1.31. The largest absolute Gasteiger partial charge is 0.310 e. The fraction of sp³-hybridized carbons (Fsp3) is 0.267. The molecule has 0 bridgehead atoms. The van der Waals surface area contributed by atoms with Gasteiger partial charge in [-0.05, 0) is 58.8 Å². The van der Waals surface area contributed by atoms with Crippen molar-refractivity contribution in [3.8, 4) is 0 Å². The average Bonchev–Trinajstić information content (AvgIpc) is 2.40. The molecule has 0 saturated carbocycles. The minimum absolute atomic E-state index is 0.354. The van der Waals surface area contributed by atoms with Crippen molar-refractivity contribution < 1.29 is 0 Å². The molecular formula is C15H17IN2. The third-order valence-electron chi connectivity index (χ3n) is 2.89. The first-order chi connectivity index (χ1) is 8.81. The summed E-state index contributed by atoms with van der Waals surface area (Å²) in [5, 5.41) is 3.56. The van der Waals surface area contributed by atoms with Crippen LogP contribution >= 0.6 is 22.6 Å². The van der Waals surface area contributed by atoms with E-state index in [0.717, 1.165) is 13.0 Å². The SMILES string of the molecule is CCNC(Cc1cccnc1)c1ccccc1I. The van der Waals surface area contributed by atoms with Gasteiger partial charge in [0.2, 0.25) is 0 Å². The van der Waals surface area contributed by atoms with Crippen LogP contribution in [0.4, 0.5) is 0 Å². The van der Waals surface area contributed by atoms with Crippen molar-refractivity contribution in [1.29, 1.82) is 0 Å². The van der Waals surface area contributed by atoms with Crippen molar-refractivity contribution >= 4 is 22.6 Å². The summed E-state index contributed by atoms with van der Waals surface area (Å²) >= 11 is 2.40. The van der Waals surface area contributed by atoms with Gasteiger partial charge in [-0.1, -0.05) is 31.2 Å². The molecule has 1 unspecified atom stereocenters. The number of aromatic nitrogens is 1. The van der Waals surface area contributed by atoms with Gasteiger partial charge in [-0.3, -0.25) is 4.98 Å². The predicted molar refractivity (Wildman–Crippen MR) is 83.5 cm³/mol. The van der Waals surface area contributed by atoms with Gasteiger partial charge in [-0.15, -0.1) is 0 Å². The standard InChI is InChI=1S/C15H17IN2/c1-2-18-15(10-12-6-5-9-17-11-12)13-7-3-4-8-14(13)16/h3-9,11,15,18H,2,10H2,1H3. The number of nitrogens with zero attached hydrogens (tertiary/aromatic N) is 1. The molecule has 2 rings (SSSR count). The fourth-order valence-electron chi connectivity index (χ4n) is 2.05. The van der Waals surface area contributed by atoms with Gasteiger partial charge < -0.3 is 5.32 Å². The summed E-state index contributed by atoms with van der Waals surface area (Å²) in [5.41, 5.74) is 2.63. The number of pyridine rings is 1. The third kappa shape index (κ3) is 3.53. The van der Waals surface area contributed by atoms with Gasteiger partial charge in [-0.2, -0.15) is 0 Å². The highest BCUT2D eigenvalue weighted by molar-refractivity contribution is 14.1. The summed E-state index contributed by atoms with van der Waals surface area (Å²) in [5.74, 6) is 0. The Balaban J connectivity index is 2.21. The van der Waals surface area contributed by atoms with Crippen LogP contribution < -0.4 is 5.32 Å². The van der Waals surface area contributed by atoms with Crippen LogP contribution in [0.25, 0.3) is 0 Å². The summed E-state index contributed by atoms with van der Waals surface area (Å²) in [6.45, 7) is 3.11. The molecular weight excluding hydrogens is 335 g/mol. The topological polar surface area (TPSA) is 24.9 Å². The molecule has 18 heavy (non-hydrogen) atoms. The van der Waals surface area contributed by atoms with Gasteiger partial charge in [0.05, 0.1) is 0 Å². The molecule has 1 aromatic heterocycles. The summed E-state index contributed by atoms with van der Waals surface area (Å²) in [6, 6.07) is 13.0. The van der Waals surface area contributed by atoms with E-state index in [1.165, 1.54) is 14.7 Å². The molecule has 0 radical (unpaired) electrons. The lowest BCUT2D eigenvalue weighted by molar-refractivity contribution is 0.547. The zero-order valence-electron chi connectivity index (χ0n) is 10.4. The van der Waals surface area contributed by atoms with Gasteiger partial charge >= 0.3 is 0 Å². The highest BCUT2D eigenvalue weighted by Gasteiger charge is 2.13. The molecule has 0 amide bonds. The predicted octanol–water partition coefficient (Wildman–Crippen LogP) is 3.58. The highest BCUT2D eigenvalue weighted by atomic mass is 127. The average molecular weight is 352 g/mol. The van der Waals surface area contributed by atoms with E-state index < -0.39 is 0 Å². The van der Waals surface area contributed by atoms with E-state index in [2.05, 4.69) is 70.1 Å². The number of rotatable bonds is 5. The number of likely N-dealkylation sites (N-methyl/N-ethyl adjacent to an activating group) is 1. The molecule has 0 aliphatic carbocycles. The zero-order valence-corrected chi connectivity index (χ0v) is 12.6. The number of nitrogens with one attached hydrogen (secondary N) is 1. The van der Waals surface area contributed by atoms with Crippen LogP contribution in [0.1, 0.15) is 24.1 Å². The monoisotopic (exact) mass is 352 g/mol. The molecule has 0 aliphatic rings. The van der Waals surface area contributed by atoms with E-state index in [4.69, 9.17) is 0 Å². The van der Waals surface area contributed by atoms with Crippen LogP contribution in [0.5, 0.6) is 0 Å². The van der Waals surface area contributed by atoms with Gasteiger partial charge in [0.1, 0.15) is 0 Å². The Morgan fingerprint density at radius 2 is 2.06 bits per heavy atom. The Morgan fingerprint density at radius 1 is 1.22 bits per heavy atom. The fourth-order valence-corrected chi connectivity index (χ4v) is 2.81. The summed E-state index contributed by atoms with van der Waals surface area (Å²) in [4.78, 5) is 4.18. The van der Waals surface area contributed by atoms with Gasteiger partial charge in [0.15, 0.2) is 0 Å². The second-order valence-electron chi connectivity index (χ2n) is 4.20.